The van der Waals surface area contributed by atoms with Crippen molar-refractivity contribution in [1.82, 2.24) is 0 Å². The molecule has 26 heavy (non-hydrogen) atoms. The van der Waals surface area contributed by atoms with E-state index in [1.54, 1.807) is 23.3 Å². The number of benzene rings is 3. The summed E-state index contributed by atoms with van der Waals surface area (Å²) in [5.41, 5.74) is 0.210. The minimum absolute atomic E-state index is 0.210. The van der Waals surface area contributed by atoms with Gasteiger partial charge in [-0.1, -0.05) is 42.5 Å². The Balaban J connectivity index is 0.000000131. The summed E-state index contributed by atoms with van der Waals surface area (Å²) in [4.78, 5) is 0. The predicted molar refractivity (Wildman–Crippen MR) is 114 cm³/mol. The molecule has 126 valence electrons. The van der Waals surface area contributed by atoms with Gasteiger partial charge in [0.15, 0.2) is 0 Å². The van der Waals surface area contributed by atoms with Crippen LogP contribution in [-0.2, 0) is 23.3 Å². The molecule has 0 aliphatic carbocycles. The number of hydrogen-bond donors (Lipinski definition) is 0. The minimum atomic E-state index is 0.210. The third kappa shape index (κ3) is 4.90. The first-order chi connectivity index (χ1) is 12.6. The Kier molecular flexibility index (Phi) is 6.77. The van der Waals surface area contributed by atoms with E-state index in [1.807, 2.05) is 0 Å². The minimum Gasteiger partial charge on any atom is -0.168 e. The summed E-state index contributed by atoms with van der Waals surface area (Å²) in [5.74, 6) is 0. The molecule has 0 heterocycles. The molecular weight excluding hydrogens is 408 g/mol. The van der Waals surface area contributed by atoms with Gasteiger partial charge in [0.25, 0.3) is 0 Å². The normalized spacial score (nSPS) is 10.2. The second kappa shape index (κ2) is 9.26. The van der Waals surface area contributed by atoms with Gasteiger partial charge < -0.3 is 0 Å². The fourth-order valence-corrected chi connectivity index (χ4v) is 2.97. The van der Waals surface area contributed by atoms with Crippen LogP contribution in [0.3, 0.4) is 0 Å². The molecule has 0 aliphatic rings. The van der Waals surface area contributed by atoms with Gasteiger partial charge in [-0.05, 0) is 0 Å². The number of fused-ring (bicyclic) bond motifs is 4. The van der Waals surface area contributed by atoms with Crippen LogP contribution in [0.5, 0.6) is 0 Å². The summed E-state index contributed by atoms with van der Waals surface area (Å²) in [6.45, 7) is 4.62. The van der Waals surface area contributed by atoms with Gasteiger partial charge in [-0.25, -0.2) is 0 Å². The quantitative estimate of drug-likeness (QED) is 0.183. The monoisotopic (exact) mass is 428 g/mol. The van der Waals surface area contributed by atoms with E-state index in [2.05, 4.69) is 110 Å². The van der Waals surface area contributed by atoms with Crippen molar-refractivity contribution in [1.29, 1.82) is 0 Å². The molecule has 0 N–H and O–H groups in total. The van der Waals surface area contributed by atoms with Crippen molar-refractivity contribution in [3.63, 3.8) is 0 Å². The Hall–Kier alpha value is -1.76. The van der Waals surface area contributed by atoms with Crippen molar-refractivity contribution in [2.24, 2.45) is 0 Å². The molecule has 0 bridgehead atoms. The van der Waals surface area contributed by atoms with E-state index in [1.165, 1.54) is 32.3 Å². The molecule has 0 spiro atoms. The van der Waals surface area contributed by atoms with Gasteiger partial charge in [-0.3, -0.25) is 0 Å². The molecule has 0 radical (unpaired) electrons. The van der Waals surface area contributed by atoms with Crippen LogP contribution in [0.15, 0.2) is 97.1 Å². The smallest absolute Gasteiger partial charge is 0.0771 e. The van der Waals surface area contributed by atoms with Crippen molar-refractivity contribution in [2.45, 2.75) is 13.1 Å². The Morgan fingerprint density at radius 2 is 1.12 bits per heavy atom. The Labute approximate surface area is 170 Å². The average Bonchev–Trinajstić information content (AvgIpc) is 3.26. The number of rotatable bonds is 0. The second-order valence-corrected chi connectivity index (χ2v) is 15.8. The molecular formula is C24H22SiZr. The van der Waals surface area contributed by atoms with E-state index >= 15 is 0 Å². The van der Waals surface area contributed by atoms with Gasteiger partial charge in [0, 0.05) is 0 Å². The molecule has 5 rings (SSSR count). The van der Waals surface area contributed by atoms with Crippen LogP contribution in [0.1, 0.15) is 0 Å². The van der Waals surface area contributed by atoms with Crippen LogP contribution in [0, 0.1) is 0 Å². The SMILES string of the molecule is C[Si](C)=[Zr+2].c1ccc2[cH-]ccc2c1.c1ccc2c(c1)[cH-]c1ccccc12. The van der Waals surface area contributed by atoms with Crippen molar-refractivity contribution in [2.75, 3.05) is 0 Å². The zero-order valence-corrected chi connectivity index (χ0v) is 18.7. The molecule has 0 nitrogen and oxygen atoms in total. The molecule has 0 saturated carbocycles. The summed E-state index contributed by atoms with van der Waals surface area (Å²) < 4.78 is 0. The van der Waals surface area contributed by atoms with Crippen molar-refractivity contribution < 1.29 is 23.3 Å². The Morgan fingerprint density at radius 1 is 0.654 bits per heavy atom. The molecule has 0 saturated heterocycles. The maximum atomic E-state index is 2.31. The first-order valence-electron chi connectivity index (χ1n) is 8.80. The van der Waals surface area contributed by atoms with Gasteiger partial charge in [-0.2, -0.15) is 17.5 Å². The molecule has 5 aromatic rings. The summed E-state index contributed by atoms with van der Waals surface area (Å²) in [6, 6.07) is 33.9. The topological polar surface area (TPSA) is 0 Å². The largest absolute Gasteiger partial charge is 0.168 e. The van der Waals surface area contributed by atoms with E-state index in [4.69, 9.17) is 0 Å². The first-order valence-corrected chi connectivity index (χ1v) is 15.0. The first kappa shape index (κ1) is 19.0. The fraction of sp³-hybridized carbons (Fsp3) is 0.0833. The molecule has 0 aliphatic heterocycles. The van der Waals surface area contributed by atoms with Gasteiger partial charge in [0.05, 0.1) is 0 Å². The van der Waals surface area contributed by atoms with Crippen molar-refractivity contribution in [3.05, 3.63) is 97.1 Å². The van der Waals surface area contributed by atoms with Gasteiger partial charge in [0.2, 0.25) is 0 Å². The standard InChI is InChI=1S/C13H9.C9H7.C2H6Si.Zr/c1-3-7-12-10(5-1)9-11-6-2-4-8-13(11)12;1-2-5-9-7-3-6-8(9)4-1;1-3-2;/h1-9H;1-7H;1-2H3;/q2*-1;;+2. The molecule has 2 heteroatoms. The predicted octanol–water partition coefficient (Wildman–Crippen LogP) is 7.05. The van der Waals surface area contributed by atoms with Crippen LogP contribution in [-0.4, -0.2) is 5.43 Å². The number of hydrogen-bond acceptors (Lipinski definition) is 0. The summed E-state index contributed by atoms with van der Waals surface area (Å²) in [5, 5.41) is 8.05. The van der Waals surface area contributed by atoms with Gasteiger partial charge in [0.1, 0.15) is 0 Å². The summed E-state index contributed by atoms with van der Waals surface area (Å²) >= 11 is 1.74. The molecule has 0 atom stereocenters. The maximum Gasteiger partial charge on any atom is -0.0771 e. The van der Waals surface area contributed by atoms with Crippen LogP contribution in [0.25, 0.3) is 32.3 Å². The second-order valence-electron chi connectivity index (χ2n) is 6.47. The van der Waals surface area contributed by atoms with E-state index < -0.39 is 0 Å². The van der Waals surface area contributed by atoms with E-state index in [9.17, 15) is 0 Å². The van der Waals surface area contributed by atoms with Crippen molar-refractivity contribution in [3.8, 4) is 0 Å². The van der Waals surface area contributed by atoms with Crippen LogP contribution in [0.4, 0.5) is 0 Å². The molecule has 0 fully saturated rings. The van der Waals surface area contributed by atoms with Gasteiger partial charge >= 0.3 is 41.9 Å². The molecule has 5 aromatic carbocycles. The van der Waals surface area contributed by atoms with Crippen molar-refractivity contribution >= 4 is 37.8 Å². The van der Waals surface area contributed by atoms with E-state index in [-0.39, 0.29) is 5.43 Å². The Bertz CT molecular complexity index is 1050. The van der Waals surface area contributed by atoms with Crippen LogP contribution < -0.4 is 0 Å². The van der Waals surface area contributed by atoms with Crippen LogP contribution in [0.2, 0.25) is 13.1 Å². The molecule has 0 unspecified atom stereocenters. The van der Waals surface area contributed by atoms with E-state index in [0.717, 1.165) is 0 Å². The maximum absolute atomic E-state index is 2.31. The summed E-state index contributed by atoms with van der Waals surface area (Å²) in [6.07, 6.45) is 0. The van der Waals surface area contributed by atoms with Crippen LogP contribution >= 0.6 is 0 Å². The van der Waals surface area contributed by atoms with Gasteiger partial charge in [-0.15, -0.1) is 69.4 Å². The van der Waals surface area contributed by atoms with E-state index in [0.29, 0.717) is 0 Å². The Morgan fingerprint density at radius 3 is 1.65 bits per heavy atom. The third-order valence-corrected chi connectivity index (χ3v) is 4.07. The fourth-order valence-electron chi connectivity index (χ4n) is 2.97. The molecule has 0 amide bonds. The average molecular weight is 430 g/mol. The zero-order valence-electron chi connectivity index (χ0n) is 15.2. The zero-order chi connectivity index (χ0) is 18.4. The summed E-state index contributed by atoms with van der Waals surface area (Å²) in [7, 11) is 0. The third-order valence-electron chi connectivity index (χ3n) is 4.07. The molecule has 0 aromatic heterocycles.